The van der Waals surface area contributed by atoms with Gasteiger partial charge in [0.15, 0.2) is 0 Å². The molecule has 2 heterocycles. The molecule has 1 amide bonds. The average molecular weight is 315 g/mol. The molecule has 0 spiro atoms. The predicted octanol–water partition coefficient (Wildman–Crippen LogP) is 2.66. The number of aryl methyl sites for hydroxylation is 1. The minimum Gasteiger partial charge on any atom is -0.336 e. The second-order valence-corrected chi connectivity index (χ2v) is 6.46. The lowest BCUT2D eigenvalue weighted by molar-refractivity contribution is 0.0627. The van der Waals surface area contributed by atoms with Crippen molar-refractivity contribution in [2.45, 2.75) is 19.9 Å². The molecule has 0 radical (unpaired) electrons. The van der Waals surface area contributed by atoms with Crippen LogP contribution < -0.4 is 0 Å². The Balaban J connectivity index is 1.53. The number of thiazole rings is 1. The predicted molar refractivity (Wildman–Crippen MR) is 89.1 cm³/mol. The van der Waals surface area contributed by atoms with Gasteiger partial charge >= 0.3 is 0 Å². The Bertz CT molecular complexity index is 618. The van der Waals surface area contributed by atoms with Crippen molar-refractivity contribution < 1.29 is 4.79 Å². The topological polar surface area (TPSA) is 36.4 Å². The van der Waals surface area contributed by atoms with Gasteiger partial charge in [-0.3, -0.25) is 9.69 Å². The summed E-state index contributed by atoms with van der Waals surface area (Å²) >= 11 is 1.74. The van der Waals surface area contributed by atoms with E-state index in [9.17, 15) is 4.79 Å². The van der Waals surface area contributed by atoms with Crippen LogP contribution in [0.5, 0.6) is 0 Å². The van der Waals surface area contributed by atoms with Crippen LogP contribution in [-0.2, 0) is 13.0 Å². The van der Waals surface area contributed by atoms with Crippen molar-refractivity contribution in [2.75, 3.05) is 26.2 Å². The van der Waals surface area contributed by atoms with Crippen molar-refractivity contribution in [1.29, 1.82) is 0 Å². The molecule has 3 rings (SSSR count). The molecular formula is C17H21N3OS. The van der Waals surface area contributed by atoms with Crippen LogP contribution in [0.15, 0.2) is 35.7 Å². The molecule has 0 saturated carbocycles. The lowest BCUT2D eigenvalue weighted by Gasteiger charge is -2.34. The van der Waals surface area contributed by atoms with E-state index in [1.807, 2.05) is 35.2 Å². The zero-order chi connectivity index (χ0) is 15.4. The van der Waals surface area contributed by atoms with Crippen LogP contribution in [0.4, 0.5) is 0 Å². The molecule has 116 valence electrons. The van der Waals surface area contributed by atoms with Gasteiger partial charge in [-0.25, -0.2) is 4.98 Å². The summed E-state index contributed by atoms with van der Waals surface area (Å²) in [6, 6.07) is 9.54. The number of amides is 1. The Kier molecular flexibility index (Phi) is 4.85. The van der Waals surface area contributed by atoms with E-state index in [-0.39, 0.29) is 5.91 Å². The molecule has 1 aliphatic rings. The van der Waals surface area contributed by atoms with Gasteiger partial charge in [-0.2, -0.15) is 0 Å². The number of hydrogen-bond acceptors (Lipinski definition) is 4. The lowest BCUT2D eigenvalue weighted by Crippen LogP contribution is -2.48. The summed E-state index contributed by atoms with van der Waals surface area (Å²) in [6.45, 7) is 6.44. The molecule has 4 nitrogen and oxygen atoms in total. The maximum absolute atomic E-state index is 12.4. The Morgan fingerprint density at radius 2 is 1.91 bits per heavy atom. The van der Waals surface area contributed by atoms with Gasteiger partial charge in [0.1, 0.15) is 0 Å². The Labute approximate surface area is 135 Å². The third kappa shape index (κ3) is 3.54. The van der Waals surface area contributed by atoms with Crippen LogP contribution in [0.25, 0.3) is 0 Å². The Hall–Kier alpha value is -1.72. The van der Waals surface area contributed by atoms with Crippen molar-refractivity contribution in [3.8, 4) is 0 Å². The minimum atomic E-state index is 0.141. The van der Waals surface area contributed by atoms with Gasteiger partial charge in [-0.15, -0.1) is 11.3 Å². The molecule has 1 saturated heterocycles. The van der Waals surface area contributed by atoms with Crippen LogP contribution in [0.1, 0.15) is 28.0 Å². The van der Waals surface area contributed by atoms with E-state index in [1.165, 1.54) is 5.01 Å². The highest BCUT2D eigenvalue weighted by Gasteiger charge is 2.22. The highest BCUT2D eigenvalue weighted by atomic mass is 32.1. The number of piperazine rings is 1. The van der Waals surface area contributed by atoms with E-state index in [0.29, 0.717) is 0 Å². The van der Waals surface area contributed by atoms with Gasteiger partial charge in [-0.1, -0.05) is 25.1 Å². The molecule has 1 fully saturated rings. The summed E-state index contributed by atoms with van der Waals surface area (Å²) in [4.78, 5) is 21.4. The van der Waals surface area contributed by atoms with Crippen molar-refractivity contribution in [2.24, 2.45) is 0 Å². The molecule has 1 aromatic heterocycles. The summed E-state index contributed by atoms with van der Waals surface area (Å²) in [5.74, 6) is 0.141. The van der Waals surface area contributed by atoms with Gasteiger partial charge in [0, 0.05) is 43.7 Å². The summed E-state index contributed by atoms with van der Waals surface area (Å²) < 4.78 is 0. The number of rotatable bonds is 4. The number of carbonyl (C=O) groups excluding carboxylic acids is 1. The molecule has 0 N–H and O–H groups in total. The Morgan fingerprint density at radius 1 is 1.18 bits per heavy atom. The van der Waals surface area contributed by atoms with E-state index < -0.39 is 0 Å². The van der Waals surface area contributed by atoms with Crippen molar-refractivity contribution in [3.05, 3.63) is 52.0 Å². The third-order valence-electron chi connectivity index (χ3n) is 3.97. The van der Waals surface area contributed by atoms with E-state index in [2.05, 4.69) is 22.2 Å². The van der Waals surface area contributed by atoms with Gasteiger partial charge in [-0.05, 0) is 18.6 Å². The Morgan fingerprint density at radius 3 is 2.55 bits per heavy atom. The summed E-state index contributed by atoms with van der Waals surface area (Å²) in [5.41, 5.74) is 1.94. The lowest BCUT2D eigenvalue weighted by atomic mass is 10.2. The average Bonchev–Trinajstić information content (AvgIpc) is 3.03. The minimum absolute atomic E-state index is 0.141. The first-order valence-electron chi connectivity index (χ1n) is 7.76. The van der Waals surface area contributed by atoms with Gasteiger partial charge < -0.3 is 4.90 Å². The number of hydrogen-bond donors (Lipinski definition) is 0. The molecule has 2 aromatic rings. The standard InChI is InChI=1S/C17H21N3OS/c1-2-16-18-15(13-22-16)12-19-8-10-20(11-9-19)17(21)14-6-4-3-5-7-14/h3-7,13H,2,8-12H2,1H3. The molecule has 22 heavy (non-hydrogen) atoms. The van der Waals surface area contributed by atoms with Crippen molar-refractivity contribution in [1.82, 2.24) is 14.8 Å². The number of nitrogens with zero attached hydrogens (tertiary/aromatic N) is 3. The first-order valence-corrected chi connectivity index (χ1v) is 8.64. The van der Waals surface area contributed by atoms with Crippen LogP contribution >= 0.6 is 11.3 Å². The number of carbonyl (C=O) groups is 1. The fraction of sp³-hybridized carbons (Fsp3) is 0.412. The second-order valence-electron chi connectivity index (χ2n) is 5.52. The number of aromatic nitrogens is 1. The monoisotopic (exact) mass is 315 g/mol. The van der Waals surface area contributed by atoms with Crippen LogP contribution in [-0.4, -0.2) is 46.9 Å². The van der Waals surface area contributed by atoms with Crippen molar-refractivity contribution in [3.63, 3.8) is 0 Å². The maximum atomic E-state index is 12.4. The van der Waals surface area contributed by atoms with E-state index in [1.54, 1.807) is 11.3 Å². The molecule has 1 aromatic carbocycles. The molecule has 0 atom stereocenters. The van der Waals surface area contributed by atoms with Crippen LogP contribution in [0.2, 0.25) is 0 Å². The summed E-state index contributed by atoms with van der Waals surface area (Å²) in [6.07, 6.45) is 1.00. The molecule has 0 unspecified atom stereocenters. The second kappa shape index (κ2) is 7.03. The van der Waals surface area contributed by atoms with Crippen LogP contribution in [0.3, 0.4) is 0 Å². The largest absolute Gasteiger partial charge is 0.336 e. The first-order chi connectivity index (χ1) is 10.8. The molecule has 1 aliphatic heterocycles. The SMILES string of the molecule is CCc1nc(CN2CCN(C(=O)c3ccccc3)CC2)cs1. The maximum Gasteiger partial charge on any atom is 0.253 e. The van der Waals surface area contributed by atoms with E-state index >= 15 is 0 Å². The highest BCUT2D eigenvalue weighted by Crippen LogP contribution is 2.14. The molecular weight excluding hydrogens is 294 g/mol. The zero-order valence-corrected chi connectivity index (χ0v) is 13.7. The fourth-order valence-electron chi connectivity index (χ4n) is 2.69. The smallest absolute Gasteiger partial charge is 0.253 e. The van der Waals surface area contributed by atoms with Crippen LogP contribution in [0, 0.1) is 0 Å². The first kappa shape index (κ1) is 15.2. The summed E-state index contributed by atoms with van der Waals surface area (Å²) in [7, 11) is 0. The summed E-state index contributed by atoms with van der Waals surface area (Å²) in [5, 5.41) is 3.35. The normalized spacial score (nSPS) is 16.0. The van der Waals surface area contributed by atoms with E-state index in [4.69, 9.17) is 0 Å². The van der Waals surface area contributed by atoms with Crippen molar-refractivity contribution >= 4 is 17.2 Å². The van der Waals surface area contributed by atoms with Gasteiger partial charge in [0.2, 0.25) is 0 Å². The van der Waals surface area contributed by atoms with Gasteiger partial charge in [0.05, 0.1) is 10.7 Å². The third-order valence-corrected chi connectivity index (χ3v) is 5.01. The highest BCUT2D eigenvalue weighted by molar-refractivity contribution is 7.09. The molecule has 0 bridgehead atoms. The zero-order valence-electron chi connectivity index (χ0n) is 12.9. The molecule has 0 aliphatic carbocycles. The quantitative estimate of drug-likeness (QED) is 0.870. The number of benzene rings is 1. The molecule has 5 heteroatoms. The van der Waals surface area contributed by atoms with E-state index in [0.717, 1.165) is 50.4 Å². The van der Waals surface area contributed by atoms with Gasteiger partial charge in [0.25, 0.3) is 5.91 Å². The fourth-order valence-corrected chi connectivity index (χ4v) is 3.42.